The topological polar surface area (TPSA) is 56.8 Å². The molecule has 1 aliphatic carbocycles. The second kappa shape index (κ2) is 10.0. The molecule has 0 radical (unpaired) electrons. The number of thioether (sulfide) groups is 1. The summed E-state index contributed by atoms with van der Waals surface area (Å²) in [5.74, 6) is 1.20. The Balaban J connectivity index is 1.21. The van der Waals surface area contributed by atoms with Crippen LogP contribution in [0.5, 0.6) is 0 Å². The average molecular weight is 497 g/mol. The lowest BCUT2D eigenvalue weighted by Crippen LogP contribution is -2.55. The fourth-order valence-corrected chi connectivity index (χ4v) is 6.87. The van der Waals surface area contributed by atoms with E-state index in [0.717, 1.165) is 48.6 Å². The van der Waals surface area contributed by atoms with Gasteiger partial charge in [0.25, 0.3) is 5.91 Å². The summed E-state index contributed by atoms with van der Waals surface area (Å²) in [6.07, 6.45) is 6.24. The van der Waals surface area contributed by atoms with Crippen molar-refractivity contribution in [2.45, 2.75) is 30.6 Å². The number of aromatic nitrogens is 1. The van der Waals surface area contributed by atoms with E-state index < -0.39 is 0 Å². The zero-order chi connectivity index (χ0) is 23.7. The van der Waals surface area contributed by atoms with Crippen molar-refractivity contribution >= 4 is 47.1 Å². The second-order valence-electron chi connectivity index (χ2n) is 9.18. The molecule has 5 rings (SSSR count). The van der Waals surface area contributed by atoms with Gasteiger partial charge < -0.3 is 14.7 Å². The molecule has 3 unspecified atom stereocenters. The van der Waals surface area contributed by atoms with Crippen molar-refractivity contribution in [3.05, 3.63) is 64.2 Å². The van der Waals surface area contributed by atoms with Crippen LogP contribution in [-0.2, 0) is 9.59 Å². The summed E-state index contributed by atoms with van der Waals surface area (Å²) in [5, 5.41) is 0.951. The molecule has 3 atom stereocenters. The van der Waals surface area contributed by atoms with Crippen molar-refractivity contribution in [3.8, 4) is 0 Å². The van der Waals surface area contributed by atoms with E-state index in [9.17, 15) is 9.59 Å². The van der Waals surface area contributed by atoms with E-state index in [1.807, 2.05) is 65.4 Å². The maximum absolute atomic E-state index is 13.4. The highest BCUT2D eigenvalue weighted by molar-refractivity contribution is 8.04. The van der Waals surface area contributed by atoms with E-state index in [-0.39, 0.29) is 23.8 Å². The van der Waals surface area contributed by atoms with E-state index in [0.29, 0.717) is 23.4 Å². The van der Waals surface area contributed by atoms with Crippen molar-refractivity contribution in [1.82, 2.24) is 14.8 Å². The van der Waals surface area contributed by atoms with Gasteiger partial charge in [-0.1, -0.05) is 35.9 Å². The first kappa shape index (κ1) is 23.2. The van der Waals surface area contributed by atoms with Crippen LogP contribution in [-0.4, -0.2) is 71.1 Å². The van der Waals surface area contributed by atoms with E-state index in [1.165, 1.54) is 0 Å². The lowest BCUT2D eigenvalue weighted by Gasteiger charge is -2.45. The van der Waals surface area contributed by atoms with E-state index in [4.69, 9.17) is 11.6 Å². The number of amides is 2. The van der Waals surface area contributed by atoms with Gasteiger partial charge in [-0.3, -0.25) is 9.59 Å². The van der Waals surface area contributed by atoms with Gasteiger partial charge >= 0.3 is 0 Å². The van der Waals surface area contributed by atoms with E-state index in [2.05, 4.69) is 9.88 Å². The molecule has 34 heavy (non-hydrogen) atoms. The molecule has 0 bridgehead atoms. The molecule has 1 aromatic carbocycles. The first-order valence-corrected chi connectivity index (χ1v) is 13.1. The molecule has 2 saturated heterocycles. The Bertz CT molecular complexity index is 1090. The van der Waals surface area contributed by atoms with Gasteiger partial charge in [0.2, 0.25) is 5.91 Å². The van der Waals surface area contributed by atoms with Crippen molar-refractivity contribution in [3.63, 3.8) is 0 Å². The average Bonchev–Trinajstić information content (AvgIpc) is 2.88. The summed E-state index contributed by atoms with van der Waals surface area (Å²) in [7, 11) is 1.87. The normalized spacial score (nSPS) is 26.5. The fourth-order valence-electron chi connectivity index (χ4n) is 5.21. The van der Waals surface area contributed by atoms with Crippen LogP contribution in [0.1, 0.15) is 24.8 Å². The standard InChI is InChI=1S/C26H29ClN4O2S/c1-29-21-16-19(25(32)31-14-12-30(13-15-31)24-8-4-5-11-28-24)9-10-22(21)34-23(26(29)33)17-18-6-2-3-7-20(18)27/h2-8,11,17,19,21-22H,9-10,12-16H2,1H3/b23-17-. The van der Waals surface area contributed by atoms with Crippen LogP contribution in [0.15, 0.2) is 53.6 Å². The third-order valence-corrected chi connectivity index (χ3v) is 8.91. The van der Waals surface area contributed by atoms with Gasteiger partial charge in [0.1, 0.15) is 5.82 Å². The molecule has 3 heterocycles. The minimum atomic E-state index is -0.0207. The molecule has 2 amide bonds. The Labute approximate surface area is 210 Å². The number of nitrogens with zero attached hydrogens (tertiary/aromatic N) is 4. The van der Waals surface area contributed by atoms with Gasteiger partial charge in [0, 0.05) is 61.7 Å². The van der Waals surface area contributed by atoms with Gasteiger partial charge in [-0.15, -0.1) is 11.8 Å². The van der Waals surface area contributed by atoms with E-state index in [1.54, 1.807) is 18.0 Å². The monoisotopic (exact) mass is 496 g/mol. The molecule has 0 N–H and O–H groups in total. The van der Waals surface area contributed by atoms with Crippen molar-refractivity contribution in [1.29, 1.82) is 0 Å². The van der Waals surface area contributed by atoms with Crippen LogP contribution >= 0.6 is 23.4 Å². The fraction of sp³-hybridized carbons (Fsp3) is 0.423. The highest BCUT2D eigenvalue weighted by Gasteiger charge is 2.43. The molecule has 1 saturated carbocycles. The molecule has 3 aliphatic rings. The SMILES string of the molecule is CN1C(=O)/C(=C/c2ccccc2Cl)SC2CCC(C(=O)N3CCN(c4ccccn4)CC3)CC21. The first-order valence-electron chi connectivity index (χ1n) is 11.9. The summed E-state index contributed by atoms with van der Waals surface area (Å²) in [6, 6.07) is 13.6. The third-order valence-electron chi connectivity index (χ3n) is 7.17. The Hall–Kier alpha value is -2.51. The highest BCUT2D eigenvalue weighted by atomic mass is 35.5. The van der Waals surface area contributed by atoms with Gasteiger partial charge in [0.05, 0.1) is 4.91 Å². The minimum absolute atomic E-state index is 0.0169. The van der Waals surface area contributed by atoms with Crippen molar-refractivity contribution < 1.29 is 9.59 Å². The molecule has 0 spiro atoms. The molecule has 2 aliphatic heterocycles. The Kier molecular flexibility index (Phi) is 6.84. The molecule has 178 valence electrons. The zero-order valence-electron chi connectivity index (χ0n) is 19.3. The number of rotatable bonds is 3. The van der Waals surface area contributed by atoms with Gasteiger partial charge in [0.15, 0.2) is 0 Å². The molecular formula is C26H29ClN4O2S. The predicted molar refractivity (Wildman–Crippen MR) is 138 cm³/mol. The molecule has 1 aromatic heterocycles. The summed E-state index contributed by atoms with van der Waals surface area (Å²) in [6.45, 7) is 3.03. The van der Waals surface area contributed by atoms with Crippen LogP contribution in [0.2, 0.25) is 5.02 Å². The number of fused-ring (bicyclic) bond motifs is 1. The number of likely N-dealkylation sites (N-methyl/N-ethyl adjacent to an activating group) is 1. The van der Waals surface area contributed by atoms with Crippen LogP contribution in [0.25, 0.3) is 6.08 Å². The van der Waals surface area contributed by atoms with Crippen LogP contribution < -0.4 is 4.90 Å². The maximum Gasteiger partial charge on any atom is 0.260 e. The lowest BCUT2D eigenvalue weighted by molar-refractivity contribution is -0.139. The number of carbonyl (C=O) groups excluding carboxylic acids is 2. The van der Waals surface area contributed by atoms with Gasteiger partial charge in [-0.2, -0.15) is 0 Å². The third kappa shape index (κ3) is 4.68. The number of anilines is 1. The number of pyridine rings is 1. The Morgan fingerprint density at radius 1 is 1.09 bits per heavy atom. The number of carbonyl (C=O) groups is 2. The zero-order valence-corrected chi connectivity index (χ0v) is 20.8. The Morgan fingerprint density at radius 2 is 1.85 bits per heavy atom. The molecule has 3 fully saturated rings. The lowest BCUT2D eigenvalue weighted by atomic mass is 9.83. The summed E-state index contributed by atoms with van der Waals surface area (Å²) in [5.41, 5.74) is 0.862. The predicted octanol–water partition coefficient (Wildman–Crippen LogP) is 4.17. The van der Waals surface area contributed by atoms with Crippen molar-refractivity contribution in [2.75, 3.05) is 38.1 Å². The largest absolute Gasteiger partial charge is 0.353 e. The van der Waals surface area contributed by atoms with Gasteiger partial charge in [-0.05, 0) is 49.1 Å². The minimum Gasteiger partial charge on any atom is -0.353 e. The highest BCUT2D eigenvalue weighted by Crippen LogP contribution is 2.44. The number of piperazine rings is 1. The first-order chi connectivity index (χ1) is 16.5. The number of halogens is 1. The van der Waals surface area contributed by atoms with Gasteiger partial charge in [-0.25, -0.2) is 4.98 Å². The smallest absolute Gasteiger partial charge is 0.260 e. The van der Waals surface area contributed by atoms with Crippen molar-refractivity contribution in [2.24, 2.45) is 5.92 Å². The number of hydrogen-bond donors (Lipinski definition) is 0. The molecule has 2 aromatic rings. The van der Waals surface area contributed by atoms with Crippen LogP contribution in [0, 0.1) is 5.92 Å². The molecule has 6 nitrogen and oxygen atoms in total. The quantitative estimate of drug-likeness (QED) is 0.597. The maximum atomic E-state index is 13.4. The summed E-state index contributed by atoms with van der Waals surface area (Å²) < 4.78 is 0. The second-order valence-corrected chi connectivity index (χ2v) is 10.9. The van der Waals surface area contributed by atoms with Crippen LogP contribution in [0.4, 0.5) is 5.82 Å². The molecular weight excluding hydrogens is 468 g/mol. The Morgan fingerprint density at radius 3 is 2.59 bits per heavy atom. The van der Waals surface area contributed by atoms with E-state index >= 15 is 0 Å². The number of benzene rings is 1. The van der Waals surface area contributed by atoms with Crippen LogP contribution in [0.3, 0.4) is 0 Å². The molecule has 8 heteroatoms. The number of hydrogen-bond acceptors (Lipinski definition) is 5. The summed E-state index contributed by atoms with van der Waals surface area (Å²) >= 11 is 7.96. The summed E-state index contributed by atoms with van der Waals surface area (Å²) in [4.78, 5) is 37.7.